The van der Waals surface area contributed by atoms with Gasteiger partial charge in [-0.3, -0.25) is 0 Å². The monoisotopic (exact) mass is 322 g/mol. The van der Waals surface area contributed by atoms with Gasteiger partial charge in [0.25, 0.3) is 0 Å². The Labute approximate surface area is 145 Å². The first-order valence-electron chi connectivity index (χ1n) is 10.6. The average molecular weight is 323 g/mol. The maximum absolute atomic E-state index is 10.1. The van der Waals surface area contributed by atoms with Crippen LogP contribution >= 0.6 is 0 Å². The summed E-state index contributed by atoms with van der Waals surface area (Å²) < 4.78 is 0. The van der Waals surface area contributed by atoms with E-state index < -0.39 is 0 Å². The van der Waals surface area contributed by atoms with Crippen LogP contribution in [0.1, 0.15) is 98.8 Å². The first-order chi connectivity index (χ1) is 10.9. The van der Waals surface area contributed by atoms with Gasteiger partial charge in [-0.1, -0.05) is 66.7 Å². The van der Waals surface area contributed by atoms with E-state index in [0.29, 0.717) is 11.3 Å². The summed E-state index contributed by atoms with van der Waals surface area (Å²) in [7, 11) is 0. The molecule has 0 aromatic carbocycles. The topological polar surface area (TPSA) is 20.2 Å². The largest absolute Gasteiger partial charge is 0.393 e. The molecule has 2 aliphatic carbocycles. The van der Waals surface area contributed by atoms with Gasteiger partial charge in [0.15, 0.2) is 0 Å². The number of aliphatic hydroxyl groups excluding tert-OH is 1. The SMILES string of the molecule is CCCCCC1C(C)CCC(C2(C)CCC(O)CC2C)C1CC. The second kappa shape index (κ2) is 8.37. The van der Waals surface area contributed by atoms with Crippen molar-refractivity contribution in [3.63, 3.8) is 0 Å². The third kappa shape index (κ3) is 4.14. The first-order valence-corrected chi connectivity index (χ1v) is 10.6. The molecule has 1 N–H and O–H groups in total. The van der Waals surface area contributed by atoms with Gasteiger partial charge >= 0.3 is 0 Å². The number of aliphatic hydroxyl groups is 1. The Morgan fingerprint density at radius 2 is 1.74 bits per heavy atom. The van der Waals surface area contributed by atoms with Crippen LogP contribution in [-0.2, 0) is 0 Å². The van der Waals surface area contributed by atoms with Crippen LogP contribution in [0.4, 0.5) is 0 Å². The maximum Gasteiger partial charge on any atom is 0.0543 e. The Morgan fingerprint density at radius 1 is 1.00 bits per heavy atom. The summed E-state index contributed by atoms with van der Waals surface area (Å²) in [5, 5.41) is 10.1. The molecule has 2 aliphatic rings. The van der Waals surface area contributed by atoms with E-state index in [-0.39, 0.29) is 6.10 Å². The smallest absolute Gasteiger partial charge is 0.0543 e. The normalized spacial score (nSPS) is 45.1. The van der Waals surface area contributed by atoms with Crippen LogP contribution in [0.25, 0.3) is 0 Å². The van der Waals surface area contributed by atoms with E-state index >= 15 is 0 Å². The van der Waals surface area contributed by atoms with E-state index in [2.05, 4.69) is 34.6 Å². The standard InChI is InChI=1S/C22H42O/c1-6-8-9-10-20-16(3)11-12-21(19(20)7-2)22(5)14-13-18(23)15-17(22)4/h16-21,23H,6-15H2,1-5H3. The molecule has 1 nitrogen and oxygen atoms in total. The van der Waals surface area contributed by atoms with Gasteiger partial charge in [-0.15, -0.1) is 0 Å². The lowest BCUT2D eigenvalue weighted by Crippen LogP contribution is -2.47. The quantitative estimate of drug-likeness (QED) is 0.558. The zero-order chi connectivity index (χ0) is 17.0. The molecule has 0 radical (unpaired) electrons. The molecular formula is C22H42O. The fourth-order valence-electron chi connectivity index (χ4n) is 6.20. The second-order valence-electron chi connectivity index (χ2n) is 9.23. The van der Waals surface area contributed by atoms with Crippen molar-refractivity contribution in [1.82, 2.24) is 0 Å². The summed E-state index contributed by atoms with van der Waals surface area (Å²) in [5.41, 5.74) is 0.461. The molecule has 2 saturated carbocycles. The highest BCUT2D eigenvalue weighted by molar-refractivity contribution is 4.98. The third-order valence-electron chi connectivity index (χ3n) is 7.96. The van der Waals surface area contributed by atoms with Gasteiger partial charge in [-0.2, -0.15) is 0 Å². The summed E-state index contributed by atoms with van der Waals surface area (Å²) in [6.45, 7) is 12.3. The molecule has 1 heteroatoms. The van der Waals surface area contributed by atoms with Crippen LogP contribution < -0.4 is 0 Å². The van der Waals surface area contributed by atoms with Crippen molar-refractivity contribution >= 4 is 0 Å². The van der Waals surface area contributed by atoms with E-state index in [0.717, 1.165) is 36.5 Å². The minimum Gasteiger partial charge on any atom is -0.393 e. The van der Waals surface area contributed by atoms with E-state index in [1.54, 1.807) is 0 Å². The molecule has 136 valence electrons. The fraction of sp³-hybridized carbons (Fsp3) is 1.00. The zero-order valence-electron chi connectivity index (χ0n) is 16.5. The van der Waals surface area contributed by atoms with E-state index in [1.165, 1.54) is 51.4 Å². The molecule has 23 heavy (non-hydrogen) atoms. The third-order valence-corrected chi connectivity index (χ3v) is 7.96. The van der Waals surface area contributed by atoms with Crippen LogP contribution in [0.15, 0.2) is 0 Å². The summed E-state index contributed by atoms with van der Waals surface area (Å²) in [6.07, 6.45) is 13.1. The minimum absolute atomic E-state index is 0.0407. The predicted octanol–water partition coefficient (Wildman–Crippen LogP) is 6.44. The van der Waals surface area contributed by atoms with Gasteiger partial charge in [-0.05, 0) is 67.1 Å². The van der Waals surface area contributed by atoms with Crippen molar-refractivity contribution in [2.75, 3.05) is 0 Å². The molecular weight excluding hydrogens is 280 g/mol. The van der Waals surface area contributed by atoms with Crippen LogP contribution in [0, 0.1) is 35.0 Å². The predicted molar refractivity (Wildman–Crippen MR) is 100 cm³/mol. The van der Waals surface area contributed by atoms with E-state index in [4.69, 9.17) is 0 Å². The summed E-state index contributed by atoms with van der Waals surface area (Å²) in [4.78, 5) is 0. The van der Waals surface area contributed by atoms with Crippen molar-refractivity contribution in [2.45, 2.75) is 105 Å². The molecule has 2 fully saturated rings. The van der Waals surface area contributed by atoms with Gasteiger partial charge in [0.2, 0.25) is 0 Å². The Kier molecular flexibility index (Phi) is 7.01. The molecule has 7 unspecified atom stereocenters. The van der Waals surface area contributed by atoms with E-state index in [1.807, 2.05) is 0 Å². The lowest BCUT2D eigenvalue weighted by Gasteiger charge is -2.54. The highest BCUT2D eigenvalue weighted by Crippen LogP contribution is 2.56. The van der Waals surface area contributed by atoms with Crippen LogP contribution in [0.3, 0.4) is 0 Å². The molecule has 0 saturated heterocycles. The molecule has 7 atom stereocenters. The Balaban J connectivity index is 2.13. The number of hydrogen-bond acceptors (Lipinski definition) is 1. The molecule has 0 aliphatic heterocycles. The van der Waals surface area contributed by atoms with Crippen molar-refractivity contribution < 1.29 is 5.11 Å². The van der Waals surface area contributed by atoms with Gasteiger partial charge in [0, 0.05) is 0 Å². The average Bonchev–Trinajstić information content (AvgIpc) is 2.52. The first kappa shape index (κ1) is 19.3. The van der Waals surface area contributed by atoms with Crippen molar-refractivity contribution in [2.24, 2.45) is 35.0 Å². The lowest BCUT2D eigenvalue weighted by molar-refractivity contribution is -0.0695. The Hall–Kier alpha value is -0.0400. The summed E-state index contributed by atoms with van der Waals surface area (Å²) in [6, 6.07) is 0. The van der Waals surface area contributed by atoms with E-state index in [9.17, 15) is 5.11 Å². The molecule has 0 aromatic rings. The van der Waals surface area contributed by atoms with Gasteiger partial charge in [-0.25, -0.2) is 0 Å². The summed E-state index contributed by atoms with van der Waals surface area (Å²) >= 11 is 0. The van der Waals surface area contributed by atoms with Crippen LogP contribution in [0.2, 0.25) is 0 Å². The van der Waals surface area contributed by atoms with Crippen LogP contribution in [0.5, 0.6) is 0 Å². The second-order valence-corrected chi connectivity index (χ2v) is 9.23. The van der Waals surface area contributed by atoms with Crippen LogP contribution in [-0.4, -0.2) is 11.2 Å². The highest BCUT2D eigenvalue weighted by Gasteiger charge is 2.49. The number of rotatable bonds is 6. The van der Waals surface area contributed by atoms with Gasteiger partial charge < -0.3 is 5.11 Å². The van der Waals surface area contributed by atoms with Crippen molar-refractivity contribution in [3.8, 4) is 0 Å². The molecule has 0 heterocycles. The Morgan fingerprint density at radius 3 is 2.35 bits per heavy atom. The molecule has 0 amide bonds. The molecule has 2 rings (SSSR count). The zero-order valence-corrected chi connectivity index (χ0v) is 16.5. The molecule has 0 spiro atoms. The van der Waals surface area contributed by atoms with Crippen molar-refractivity contribution in [3.05, 3.63) is 0 Å². The minimum atomic E-state index is -0.0407. The summed E-state index contributed by atoms with van der Waals surface area (Å²) in [5.74, 6) is 4.34. The van der Waals surface area contributed by atoms with Gasteiger partial charge in [0.1, 0.15) is 0 Å². The molecule has 0 aromatic heterocycles. The fourth-order valence-corrected chi connectivity index (χ4v) is 6.20. The highest BCUT2D eigenvalue weighted by atomic mass is 16.3. The number of hydrogen-bond donors (Lipinski definition) is 1. The Bertz CT molecular complexity index is 352. The molecule has 0 bridgehead atoms. The maximum atomic E-state index is 10.1. The number of unbranched alkanes of at least 4 members (excludes halogenated alkanes) is 2. The van der Waals surface area contributed by atoms with Crippen molar-refractivity contribution in [1.29, 1.82) is 0 Å². The van der Waals surface area contributed by atoms with Gasteiger partial charge in [0.05, 0.1) is 6.10 Å². The lowest BCUT2D eigenvalue weighted by atomic mass is 9.51.